The Labute approximate surface area is 140 Å². The van der Waals surface area contributed by atoms with Gasteiger partial charge in [-0.2, -0.15) is 13.2 Å². The van der Waals surface area contributed by atoms with Gasteiger partial charge in [0.15, 0.2) is 0 Å². The van der Waals surface area contributed by atoms with Crippen LogP contribution in [-0.2, 0) is 17.4 Å². The highest BCUT2D eigenvalue weighted by Gasteiger charge is 2.34. The van der Waals surface area contributed by atoms with E-state index in [1.54, 1.807) is 30.3 Å². The van der Waals surface area contributed by atoms with Crippen molar-refractivity contribution in [3.63, 3.8) is 0 Å². The lowest BCUT2D eigenvalue weighted by molar-refractivity contribution is -0.137. The molecule has 4 rings (SSSR count). The number of fused-ring (bicyclic) bond motifs is 3. The maximum Gasteiger partial charge on any atom is 0.416 e. The van der Waals surface area contributed by atoms with Crippen LogP contribution in [-0.4, -0.2) is 20.7 Å². The molecule has 0 N–H and O–H groups in total. The molecule has 25 heavy (non-hydrogen) atoms. The number of halogens is 3. The molecule has 126 valence electrons. The van der Waals surface area contributed by atoms with E-state index in [2.05, 4.69) is 10.2 Å². The molecule has 1 aromatic heterocycles. The topological polar surface area (TPSA) is 51.0 Å². The third kappa shape index (κ3) is 2.55. The molecule has 0 saturated heterocycles. The Morgan fingerprint density at radius 1 is 1.00 bits per heavy atom. The fraction of sp³-hybridized carbons (Fsp3) is 0.118. The Bertz CT molecular complexity index is 950. The predicted molar refractivity (Wildman–Crippen MR) is 83.7 cm³/mol. The number of hydrogen-bond donors (Lipinski definition) is 0. The van der Waals surface area contributed by atoms with E-state index in [0.29, 0.717) is 17.2 Å². The first kappa shape index (κ1) is 15.4. The average molecular weight is 344 g/mol. The van der Waals surface area contributed by atoms with Crippen LogP contribution < -0.4 is 4.90 Å². The third-order valence-electron chi connectivity index (χ3n) is 3.99. The summed E-state index contributed by atoms with van der Waals surface area (Å²) in [6, 6.07) is 11.9. The Morgan fingerprint density at radius 2 is 1.76 bits per heavy atom. The summed E-state index contributed by atoms with van der Waals surface area (Å²) < 4.78 is 41.1. The van der Waals surface area contributed by atoms with Crippen LogP contribution >= 0.6 is 0 Å². The van der Waals surface area contributed by atoms with Gasteiger partial charge in [0.2, 0.25) is 5.91 Å². The van der Waals surface area contributed by atoms with Gasteiger partial charge < -0.3 is 0 Å². The van der Waals surface area contributed by atoms with Crippen LogP contribution in [0, 0.1) is 0 Å². The maximum absolute atomic E-state index is 13.2. The van der Waals surface area contributed by atoms with E-state index in [9.17, 15) is 18.0 Å². The van der Waals surface area contributed by atoms with Gasteiger partial charge in [-0.05, 0) is 30.3 Å². The minimum absolute atomic E-state index is 0.0646. The van der Waals surface area contributed by atoms with Gasteiger partial charge in [0.05, 0.1) is 23.4 Å². The zero-order chi connectivity index (χ0) is 17.6. The minimum Gasteiger partial charge on any atom is -0.283 e. The lowest BCUT2D eigenvalue weighted by Crippen LogP contribution is -2.27. The second kappa shape index (κ2) is 5.44. The van der Waals surface area contributed by atoms with E-state index < -0.39 is 11.7 Å². The van der Waals surface area contributed by atoms with Crippen molar-refractivity contribution < 1.29 is 18.0 Å². The molecule has 0 bridgehead atoms. The van der Waals surface area contributed by atoms with Crippen LogP contribution in [0.1, 0.15) is 11.4 Å². The molecule has 0 radical (unpaired) electrons. The number of rotatable bonds is 1. The number of hydrogen-bond acceptors (Lipinski definition) is 3. The van der Waals surface area contributed by atoms with Crippen molar-refractivity contribution in [3.8, 4) is 5.69 Å². The summed E-state index contributed by atoms with van der Waals surface area (Å²) in [5.74, 6) is 0.00274. The maximum atomic E-state index is 13.2. The zero-order valence-corrected chi connectivity index (χ0v) is 12.7. The Morgan fingerprint density at radius 3 is 2.48 bits per heavy atom. The first-order valence-electron chi connectivity index (χ1n) is 7.43. The van der Waals surface area contributed by atoms with E-state index in [4.69, 9.17) is 0 Å². The molecule has 1 amide bonds. The number of nitrogens with zero attached hydrogens (tertiary/aromatic N) is 4. The molecule has 5 nitrogen and oxygen atoms in total. The van der Waals surface area contributed by atoms with Crippen LogP contribution in [0.25, 0.3) is 5.69 Å². The highest BCUT2D eigenvalue weighted by atomic mass is 19.4. The standard InChI is InChI=1S/C17H11F3N4O/c18-17(19,20)11-6-7-13-14(8-11)24(12-4-2-1-3-5-12)16(25)9-15-22-21-10-23(13)15/h1-8,10H,9H2. The summed E-state index contributed by atoms with van der Waals surface area (Å²) >= 11 is 0. The number of anilines is 2. The summed E-state index contributed by atoms with van der Waals surface area (Å²) in [5.41, 5.74) is 0.232. The van der Waals surface area contributed by atoms with E-state index >= 15 is 0 Å². The van der Waals surface area contributed by atoms with E-state index in [0.717, 1.165) is 12.1 Å². The van der Waals surface area contributed by atoms with Gasteiger partial charge in [-0.25, -0.2) is 0 Å². The Hall–Kier alpha value is -3.16. The summed E-state index contributed by atoms with van der Waals surface area (Å²) in [6.45, 7) is 0. The molecular weight excluding hydrogens is 333 g/mol. The van der Waals surface area contributed by atoms with Crippen LogP contribution in [0.15, 0.2) is 54.9 Å². The van der Waals surface area contributed by atoms with Gasteiger partial charge >= 0.3 is 6.18 Å². The van der Waals surface area contributed by atoms with Crippen molar-refractivity contribution in [2.45, 2.75) is 12.6 Å². The molecule has 1 aliphatic rings. The van der Waals surface area contributed by atoms with E-state index in [1.165, 1.54) is 21.9 Å². The first-order chi connectivity index (χ1) is 11.9. The van der Waals surface area contributed by atoms with Crippen LogP contribution in [0.5, 0.6) is 0 Å². The highest BCUT2D eigenvalue weighted by molar-refractivity contribution is 6.04. The SMILES string of the molecule is O=C1Cc2nncn2-c2ccc(C(F)(F)F)cc2N1c1ccccc1. The molecule has 0 saturated carbocycles. The molecular formula is C17H11F3N4O. The van der Waals surface area contributed by atoms with Crippen molar-refractivity contribution in [1.29, 1.82) is 0 Å². The lowest BCUT2D eigenvalue weighted by atomic mass is 10.1. The van der Waals surface area contributed by atoms with Crippen molar-refractivity contribution >= 4 is 17.3 Å². The molecule has 0 fully saturated rings. The van der Waals surface area contributed by atoms with Crippen molar-refractivity contribution in [2.75, 3.05) is 4.90 Å². The number of amides is 1. The lowest BCUT2D eigenvalue weighted by Gasteiger charge is -2.24. The van der Waals surface area contributed by atoms with Gasteiger partial charge in [0, 0.05) is 5.69 Å². The summed E-state index contributed by atoms with van der Waals surface area (Å²) in [7, 11) is 0. The predicted octanol–water partition coefficient (Wildman–Crippen LogP) is 3.51. The number of para-hydroxylation sites is 1. The van der Waals surface area contributed by atoms with Gasteiger partial charge in [-0.15, -0.1) is 10.2 Å². The summed E-state index contributed by atoms with van der Waals surface area (Å²) in [5, 5.41) is 7.68. The largest absolute Gasteiger partial charge is 0.416 e. The molecule has 3 aromatic rings. The smallest absolute Gasteiger partial charge is 0.283 e. The van der Waals surface area contributed by atoms with Crippen molar-refractivity contribution in [3.05, 3.63) is 66.2 Å². The fourth-order valence-electron chi connectivity index (χ4n) is 2.87. The number of alkyl halides is 3. The Kier molecular flexibility index (Phi) is 3.34. The zero-order valence-electron chi connectivity index (χ0n) is 12.7. The molecule has 2 aromatic carbocycles. The quantitative estimate of drug-likeness (QED) is 0.679. The Balaban J connectivity index is 1.99. The van der Waals surface area contributed by atoms with Gasteiger partial charge in [-0.3, -0.25) is 14.3 Å². The normalized spacial score (nSPS) is 14.0. The third-order valence-corrected chi connectivity index (χ3v) is 3.99. The number of aromatic nitrogens is 3. The number of carbonyl (C=O) groups is 1. The molecule has 0 aliphatic carbocycles. The van der Waals surface area contributed by atoms with Crippen LogP contribution in [0.2, 0.25) is 0 Å². The van der Waals surface area contributed by atoms with E-state index in [-0.39, 0.29) is 18.0 Å². The van der Waals surface area contributed by atoms with E-state index in [1.807, 2.05) is 0 Å². The molecule has 0 atom stereocenters. The average Bonchev–Trinajstić information content (AvgIpc) is 2.99. The van der Waals surface area contributed by atoms with Crippen LogP contribution in [0.4, 0.5) is 24.5 Å². The minimum atomic E-state index is -4.51. The van der Waals surface area contributed by atoms with Crippen molar-refractivity contribution in [1.82, 2.24) is 14.8 Å². The summed E-state index contributed by atoms with van der Waals surface area (Å²) in [4.78, 5) is 14.1. The molecule has 2 heterocycles. The number of benzene rings is 2. The second-order valence-electron chi connectivity index (χ2n) is 5.56. The molecule has 0 unspecified atom stereocenters. The fourth-order valence-corrected chi connectivity index (χ4v) is 2.87. The second-order valence-corrected chi connectivity index (χ2v) is 5.56. The monoisotopic (exact) mass is 344 g/mol. The number of carbonyl (C=O) groups excluding carboxylic acids is 1. The van der Waals surface area contributed by atoms with Crippen LogP contribution in [0.3, 0.4) is 0 Å². The van der Waals surface area contributed by atoms with Gasteiger partial charge in [0.25, 0.3) is 0 Å². The highest BCUT2D eigenvalue weighted by Crippen LogP contribution is 2.39. The van der Waals surface area contributed by atoms with Gasteiger partial charge in [-0.1, -0.05) is 18.2 Å². The van der Waals surface area contributed by atoms with Crippen molar-refractivity contribution in [2.24, 2.45) is 0 Å². The molecule has 8 heteroatoms. The first-order valence-corrected chi connectivity index (χ1v) is 7.43. The summed E-state index contributed by atoms with van der Waals surface area (Å²) in [6.07, 6.45) is -3.18. The molecule has 1 aliphatic heterocycles. The van der Waals surface area contributed by atoms with Gasteiger partial charge in [0.1, 0.15) is 12.2 Å². The molecule has 0 spiro atoms.